The Bertz CT molecular complexity index is 1330. The minimum absolute atomic E-state index is 0.0673. The molecule has 11 nitrogen and oxygen atoms in total. The topological polar surface area (TPSA) is 149 Å². The molecule has 0 aliphatic carbocycles. The fourth-order valence-corrected chi connectivity index (χ4v) is 7.02. The molecule has 1 unspecified atom stereocenters. The fraction of sp³-hybridized carbons (Fsp3) is 0.562. The Morgan fingerprint density at radius 2 is 1.80 bits per heavy atom. The Balaban J connectivity index is 1.12. The Morgan fingerprint density at radius 1 is 1.07 bits per heavy atom. The van der Waals surface area contributed by atoms with Gasteiger partial charge in [0.25, 0.3) is 0 Å². The summed E-state index contributed by atoms with van der Waals surface area (Å²) in [5.41, 5.74) is 2.11. The summed E-state index contributed by atoms with van der Waals surface area (Å²) in [5.74, 6) is 0.830. The van der Waals surface area contributed by atoms with E-state index in [1.54, 1.807) is 18.2 Å². The lowest BCUT2D eigenvalue weighted by Gasteiger charge is -2.31. The number of carbonyl (C=O) groups is 2. The van der Waals surface area contributed by atoms with Crippen molar-refractivity contribution in [3.05, 3.63) is 48.0 Å². The number of hydrogen-bond acceptors (Lipinski definition) is 7. The van der Waals surface area contributed by atoms with Crippen molar-refractivity contribution in [3.63, 3.8) is 0 Å². The molecule has 0 radical (unpaired) electrons. The van der Waals surface area contributed by atoms with Crippen LogP contribution in [0.4, 0.5) is 16.2 Å². The van der Waals surface area contributed by atoms with Crippen LogP contribution in [0.2, 0.25) is 0 Å². The highest BCUT2D eigenvalue weighted by Gasteiger charge is 2.29. The maximum Gasteiger partial charge on any atom is 0.319 e. The molecule has 2 aliphatic heterocycles. The van der Waals surface area contributed by atoms with Gasteiger partial charge in [0.1, 0.15) is 18.5 Å². The SMILES string of the molecule is CCCCCCCCNC(=O)Nc1ccc(S(=O)(=O)N2CCC(CNCC(O)COc3cccc4c3CC(=O)N4)CC2)cc1. The zero-order valence-corrected chi connectivity index (χ0v) is 26.5. The summed E-state index contributed by atoms with van der Waals surface area (Å²) < 4.78 is 33.7. The van der Waals surface area contributed by atoms with Crippen LogP contribution in [0.25, 0.3) is 0 Å². The van der Waals surface area contributed by atoms with Crippen LogP contribution in [-0.4, -0.2) is 75.2 Å². The normalized spacial score (nSPS) is 16.3. The van der Waals surface area contributed by atoms with Gasteiger partial charge >= 0.3 is 6.03 Å². The van der Waals surface area contributed by atoms with E-state index < -0.39 is 16.1 Å². The summed E-state index contributed by atoms with van der Waals surface area (Å²) in [6.45, 7) is 4.77. The summed E-state index contributed by atoms with van der Waals surface area (Å²) in [4.78, 5) is 24.0. The van der Waals surface area contributed by atoms with Gasteiger partial charge in [-0.25, -0.2) is 13.2 Å². The predicted molar refractivity (Wildman–Crippen MR) is 171 cm³/mol. The number of rotatable bonds is 17. The molecule has 44 heavy (non-hydrogen) atoms. The quantitative estimate of drug-likeness (QED) is 0.166. The number of aliphatic hydroxyl groups excluding tert-OH is 1. The molecular formula is C32H47N5O6S. The number of benzene rings is 2. The summed E-state index contributed by atoms with van der Waals surface area (Å²) in [7, 11) is -3.63. The second-order valence-electron chi connectivity index (χ2n) is 11.7. The smallest absolute Gasteiger partial charge is 0.319 e. The van der Waals surface area contributed by atoms with Crippen LogP contribution in [0.3, 0.4) is 0 Å². The average Bonchev–Trinajstić information content (AvgIpc) is 3.41. The van der Waals surface area contributed by atoms with E-state index in [1.807, 2.05) is 12.1 Å². The number of sulfonamides is 1. The number of ether oxygens (including phenoxy) is 1. The first-order valence-electron chi connectivity index (χ1n) is 15.8. The molecule has 0 aromatic heterocycles. The largest absolute Gasteiger partial charge is 0.490 e. The van der Waals surface area contributed by atoms with Crippen molar-refractivity contribution in [2.45, 2.75) is 75.7 Å². The number of aliphatic hydroxyl groups is 1. The van der Waals surface area contributed by atoms with Gasteiger partial charge in [-0.3, -0.25) is 4.79 Å². The molecule has 0 bridgehead atoms. The van der Waals surface area contributed by atoms with Gasteiger partial charge in [-0.15, -0.1) is 0 Å². The molecule has 1 saturated heterocycles. The molecule has 1 atom stereocenters. The maximum atomic E-state index is 13.2. The molecular weight excluding hydrogens is 582 g/mol. The molecule has 2 heterocycles. The lowest BCUT2D eigenvalue weighted by molar-refractivity contribution is -0.115. The second-order valence-corrected chi connectivity index (χ2v) is 13.6. The number of fused-ring (bicyclic) bond motifs is 1. The molecule has 5 N–H and O–H groups in total. The number of carbonyl (C=O) groups excluding carboxylic acids is 2. The Labute approximate surface area is 261 Å². The molecule has 3 amide bonds. The predicted octanol–water partition coefficient (Wildman–Crippen LogP) is 4.09. The number of urea groups is 1. The molecule has 0 saturated carbocycles. The van der Waals surface area contributed by atoms with Gasteiger partial charge in [0.15, 0.2) is 0 Å². The van der Waals surface area contributed by atoms with Gasteiger partial charge < -0.3 is 31.1 Å². The second kappa shape index (κ2) is 16.8. The number of amides is 3. The van der Waals surface area contributed by atoms with Crippen molar-refractivity contribution >= 4 is 33.3 Å². The first-order chi connectivity index (χ1) is 21.3. The van der Waals surface area contributed by atoms with E-state index in [0.29, 0.717) is 62.9 Å². The van der Waals surface area contributed by atoms with Crippen molar-refractivity contribution in [1.82, 2.24) is 14.9 Å². The Hall–Kier alpha value is -3.19. The third kappa shape index (κ3) is 9.91. The third-order valence-corrected chi connectivity index (χ3v) is 10.0. The summed E-state index contributed by atoms with van der Waals surface area (Å²) >= 11 is 0. The Morgan fingerprint density at radius 3 is 2.55 bits per heavy atom. The van der Waals surface area contributed by atoms with Crippen LogP contribution in [-0.2, 0) is 21.2 Å². The zero-order chi connectivity index (χ0) is 31.4. The minimum atomic E-state index is -3.63. The minimum Gasteiger partial charge on any atom is -0.490 e. The van der Waals surface area contributed by atoms with Gasteiger partial charge in [-0.1, -0.05) is 45.1 Å². The number of anilines is 2. The highest BCUT2D eigenvalue weighted by Crippen LogP contribution is 2.31. The van der Waals surface area contributed by atoms with E-state index in [9.17, 15) is 23.1 Å². The first kappa shape index (κ1) is 33.7. The molecule has 2 aliphatic rings. The van der Waals surface area contributed by atoms with Gasteiger partial charge in [-0.2, -0.15) is 4.31 Å². The summed E-state index contributed by atoms with van der Waals surface area (Å²) in [6, 6.07) is 11.4. The van der Waals surface area contributed by atoms with E-state index in [0.717, 1.165) is 24.1 Å². The number of unbranched alkanes of at least 4 members (excludes halogenated alkanes) is 5. The Kier molecular flexibility index (Phi) is 12.8. The standard InChI is InChI=1S/C32H47N5O6S/c1-2-3-4-5-6-7-17-34-32(40)35-25-11-13-27(14-12-25)44(41,42)37-18-15-24(16-19-37)21-33-22-26(38)23-43-30-10-8-9-29-28(30)20-31(39)36-29/h8-14,24,26,33,38H,2-7,15-23H2,1H3,(H,36,39)(H2,34,35,40). The van der Waals surface area contributed by atoms with E-state index in [1.165, 1.54) is 42.1 Å². The van der Waals surface area contributed by atoms with Gasteiger partial charge in [0.2, 0.25) is 15.9 Å². The van der Waals surface area contributed by atoms with Crippen molar-refractivity contribution in [1.29, 1.82) is 0 Å². The molecule has 4 rings (SSSR count). The third-order valence-electron chi connectivity index (χ3n) is 8.13. The van der Waals surface area contributed by atoms with E-state index in [2.05, 4.69) is 28.2 Å². The monoisotopic (exact) mass is 629 g/mol. The van der Waals surface area contributed by atoms with Crippen LogP contribution >= 0.6 is 0 Å². The molecule has 0 spiro atoms. The van der Waals surface area contributed by atoms with Gasteiger partial charge in [0, 0.05) is 43.1 Å². The van der Waals surface area contributed by atoms with Crippen molar-refractivity contribution in [2.75, 3.05) is 50.0 Å². The number of piperidine rings is 1. The molecule has 242 valence electrons. The van der Waals surface area contributed by atoms with Crippen LogP contribution in [0.1, 0.15) is 63.9 Å². The van der Waals surface area contributed by atoms with E-state index in [-0.39, 0.29) is 29.9 Å². The van der Waals surface area contributed by atoms with E-state index >= 15 is 0 Å². The number of nitrogens with one attached hydrogen (secondary N) is 4. The van der Waals surface area contributed by atoms with Crippen molar-refractivity contribution in [3.8, 4) is 5.75 Å². The van der Waals surface area contributed by atoms with Gasteiger partial charge in [0.05, 0.1) is 11.3 Å². The lowest BCUT2D eigenvalue weighted by Crippen LogP contribution is -2.42. The van der Waals surface area contributed by atoms with Crippen LogP contribution < -0.4 is 26.0 Å². The summed E-state index contributed by atoms with van der Waals surface area (Å²) in [6.07, 6.45) is 7.90. The molecule has 12 heteroatoms. The fourth-order valence-electron chi connectivity index (χ4n) is 5.55. The molecule has 1 fully saturated rings. The first-order valence-corrected chi connectivity index (χ1v) is 17.3. The van der Waals surface area contributed by atoms with Gasteiger partial charge in [-0.05, 0) is 68.1 Å². The van der Waals surface area contributed by atoms with Crippen molar-refractivity contribution < 1.29 is 27.9 Å². The van der Waals surface area contributed by atoms with Crippen LogP contribution in [0, 0.1) is 5.92 Å². The highest BCUT2D eigenvalue weighted by molar-refractivity contribution is 7.89. The highest BCUT2D eigenvalue weighted by atomic mass is 32.2. The molecule has 2 aromatic carbocycles. The molecule has 2 aromatic rings. The lowest BCUT2D eigenvalue weighted by atomic mass is 9.98. The van der Waals surface area contributed by atoms with E-state index in [4.69, 9.17) is 4.74 Å². The summed E-state index contributed by atoms with van der Waals surface area (Å²) in [5, 5.41) is 22.1. The average molecular weight is 630 g/mol. The van der Waals surface area contributed by atoms with Crippen molar-refractivity contribution in [2.24, 2.45) is 5.92 Å². The maximum absolute atomic E-state index is 13.2. The van der Waals surface area contributed by atoms with Crippen LogP contribution in [0.5, 0.6) is 5.75 Å². The van der Waals surface area contributed by atoms with Crippen LogP contribution in [0.15, 0.2) is 47.4 Å². The number of hydrogen-bond donors (Lipinski definition) is 5. The zero-order valence-electron chi connectivity index (χ0n) is 25.6. The number of nitrogens with zero attached hydrogens (tertiary/aromatic N) is 1.